The molecule has 1 aromatic carbocycles. The molecule has 0 aromatic heterocycles. The molecule has 0 saturated heterocycles. The van der Waals surface area contributed by atoms with Crippen molar-refractivity contribution in [2.45, 2.75) is 45.7 Å². The first kappa shape index (κ1) is 17.1. The van der Waals surface area contributed by atoms with E-state index in [-0.39, 0.29) is 17.6 Å². The monoisotopic (exact) mass is 240 g/mol. The van der Waals surface area contributed by atoms with Crippen LogP contribution in [0.4, 0.5) is 0 Å². The van der Waals surface area contributed by atoms with E-state index in [1.165, 1.54) is 6.04 Å². The van der Waals surface area contributed by atoms with Crippen LogP contribution >= 0.6 is 0 Å². The van der Waals surface area contributed by atoms with Crippen molar-refractivity contribution in [3.8, 4) is 0 Å². The van der Waals surface area contributed by atoms with Crippen molar-refractivity contribution in [3.63, 3.8) is 0 Å². The van der Waals surface area contributed by atoms with Crippen LogP contribution in [0.25, 0.3) is 0 Å². The largest absolute Gasteiger partial charge is 0.0724 e. The molecule has 0 unspecified atom stereocenters. The van der Waals surface area contributed by atoms with E-state index in [2.05, 4.69) is 39.7 Å². The van der Waals surface area contributed by atoms with E-state index >= 15 is 0 Å². The van der Waals surface area contributed by atoms with Crippen LogP contribution in [0.15, 0.2) is 36.4 Å². The highest BCUT2D eigenvalue weighted by atomic mass is 28.3. The van der Waals surface area contributed by atoms with Gasteiger partial charge >= 0.3 is 0 Å². The summed E-state index contributed by atoms with van der Waals surface area (Å²) >= 11 is 0. The van der Waals surface area contributed by atoms with Crippen LogP contribution in [0.3, 0.4) is 0 Å². The third-order valence-corrected chi connectivity index (χ3v) is 3.12. The molecular formula is C13H28Si2. The van der Waals surface area contributed by atoms with Crippen LogP contribution in [0.2, 0.25) is 38.8 Å². The van der Waals surface area contributed by atoms with E-state index in [1.54, 1.807) is 0 Å². The van der Waals surface area contributed by atoms with E-state index in [1.807, 2.05) is 36.4 Å². The van der Waals surface area contributed by atoms with Crippen LogP contribution in [0.5, 0.6) is 0 Å². The van der Waals surface area contributed by atoms with Crippen molar-refractivity contribution in [3.05, 3.63) is 36.4 Å². The maximum atomic E-state index is 2.36. The molecule has 0 amide bonds. The molecule has 0 saturated carbocycles. The van der Waals surface area contributed by atoms with Gasteiger partial charge < -0.3 is 0 Å². The predicted molar refractivity (Wildman–Crippen MR) is 80.5 cm³/mol. The molecule has 0 aliphatic rings. The highest BCUT2D eigenvalue weighted by Crippen LogP contribution is 1.83. The zero-order valence-electron chi connectivity index (χ0n) is 11.3. The van der Waals surface area contributed by atoms with Crippen LogP contribution in [0, 0.1) is 0 Å². The molecule has 0 fully saturated rings. The highest BCUT2D eigenvalue weighted by molar-refractivity contribution is 6.55. The molecule has 88 valence electrons. The summed E-state index contributed by atoms with van der Waals surface area (Å²) in [5.74, 6) is 0. The second-order valence-corrected chi connectivity index (χ2v) is 11.8. The van der Waals surface area contributed by atoms with Gasteiger partial charge in [0.05, 0.1) is 0 Å². The molecule has 1 aromatic rings. The molecule has 1 rings (SSSR count). The Morgan fingerprint density at radius 2 is 0.800 bits per heavy atom. The molecule has 0 atom stereocenters. The second-order valence-electron chi connectivity index (χ2n) is 4.69. The first-order valence-corrected chi connectivity index (χ1v) is 12.6. The summed E-state index contributed by atoms with van der Waals surface area (Å²) in [4.78, 5) is 0. The van der Waals surface area contributed by atoms with Gasteiger partial charge in [-0.05, 0) is 0 Å². The molecule has 0 aliphatic heterocycles. The van der Waals surface area contributed by atoms with E-state index in [0.29, 0.717) is 0 Å². The number of hydrogen-bond donors (Lipinski definition) is 0. The summed E-state index contributed by atoms with van der Waals surface area (Å²) in [5, 5.41) is 0. The minimum atomic E-state index is -0.150. The smallest absolute Gasteiger partial charge is 0.0302 e. The summed E-state index contributed by atoms with van der Waals surface area (Å²) in [6, 6.07) is 13.4. The fourth-order valence-corrected chi connectivity index (χ4v) is 0.385. The van der Waals surface area contributed by atoms with Crippen molar-refractivity contribution in [2.24, 2.45) is 0 Å². The Morgan fingerprint density at radius 1 is 0.667 bits per heavy atom. The molecule has 2 heteroatoms. The SMILES string of the molecule is CC[SiH](C)C.C[SiH](C)C.c1ccccc1. The van der Waals surface area contributed by atoms with E-state index < -0.39 is 0 Å². The van der Waals surface area contributed by atoms with Crippen LogP contribution in [0.1, 0.15) is 6.92 Å². The maximum absolute atomic E-state index is 2.36. The zero-order valence-corrected chi connectivity index (χ0v) is 13.6. The van der Waals surface area contributed by atoms with Gasteiger partial charge in [-0.15, -0.1) is 0 Å². The van der Waals surface area contributed by atoms with Gasteiger partial charge in [-0.1, -0.05) is 82.1 Å². The summed E-state index contributed by atoms with van der Waals surface area (Å²) in [6.45, 7) is 13.9. The fourth-order valence-electron chi connectivity index (χ4n) is 0.385. The van der Waals surface area contributed by atoms with E-state index in [4.69, 9.17) is 0 Å². The summed E-state index contributed by atoms with van der Waals surface area (Å²) in [5.41, 5.74) is 0. The van der Waals surface area contributed by atoms with Gasteiger partial charge in [0.25, 0.3) is 0 Å². The maximum Gasteiger partial charge on any atom is 0.0302 e. The van der Waals surface area contributed by atoms with Crippen LogP contribution < -0.4 is 0 Å². The number of benzene rings is 1. The molecule has 0 bridgehead atoms. The predicted octanol–water partition coefficient (Wildman–Crippen LogP) is 4.28. The third-order valence-electron chi connectivity index (χ3n) is 1.48. The van der Waals surface area contributed by atoms with Crippen molar-refractivity contribution in [2.75, 3.05) is 0 Å². The highest BCUT2D eigenvalue weighted by Gasteiger charge is 1.82. The van der Waals surface area contributed by atoms with E-state index in [9.17, 15) is 0 Å². The standard InChI is InChI=1S/C6H6.C4H12Si.C3H10Si/c1-2-4-6-5-3-1;1-4-5(2)3;1-4(2)3/h1-6H;5H,4H2,1-3H3;4H,1-3H3. The van der Waals surface area contributed by atoms with Crippen molar-refractivity contribution in [1.82, 2.24) is 0 Å². The van der Waals surface area contributed by atoms with Gasteiger partial charge in [-0.3, -0.25) is 0 Å². The minimum Gasteiger partial charge on any atom is -0.0724 e. The Bertz CT molecular complexity index is 154. The molecule has 0 radical (unpaired) electrons. The lowest BCUT2D eigenvalue weighted by Gasteiger charge is -1.87. The average Bonchev–Trinajstić information content (AvgIpc) is 2.20. The first-order valence-electron chi connectivity index (χ1n) is 6.00. The van der Waals surface area contributed by atoms with Gasteiger partial charge in [-0.25, -0.2) is 0 Å². The van der Waals surface area contributed by atoms with Gasteiger partial charge in [-0.2, -0.15) is 0 Å². The van der Waals surface area contributed by atoms with Gasteiger partial charge in [0.2, 0.25) is 0 Å². The lowest BCUT2D eigenvalue weighted by Crippen LogP contribution is -1.92. The quantitative estimate of drug-likeness (QED) is 0.643. The van der Waals surface area contributed by atoms with Crippen molar-refractivity contribution < 1.29 is 0 Å². The number of rotatable bonds is 1. The normalized spacial score (nSPS) is 8.80. The van der Waals surface area contributed by atoms with Gasteiger partial charge in [0.15, 0.2) is 0 Å². The summed E-state index contributed by atoms with van der Waals surface area (Å²) in [7, 11) is -0.289. The Morgan fingerprint density at radius 3 is 0.867 bits per heavy atom. The molecular weight excluding hydrogens is 212 g/mol. The Balaban J connectivity index is 0. The minimum absolute atomic E-state index is 0.139. The Labute approximate surface area is 100.0 Å². The molecule has 0 nitrogen and oxygen atoms in total. The second kappa shape index (κ2) is 13.7. The van der Waals surface area contributed by atoms with Crippen LogP contribution in [-0.2, 0) is 0 Å². The van der Waals surface area contributed by atoms with Crippen LogP contribution in [-0.4, -0.2) is 17.6 Å². The fraction of sp³-hybridized carbons (Fsp3) is 0.538. The lowest BCUT2D eigenvalue weighted by atomic mass is 10.4. The molecule has 0 N–H and O–H groups in total. The Kier molecular flexibility index (Phi) is 15.5. The van der Waals surface area contributed by atoms with Crippen molar-refractivity contribution in [1.29, 1.82) is 0 Å². The number of hydrogen-bond acceptors (Lipinski definition) is 0. The third kappa shape index (κ3) is 31.7. The van der Waals surface area contributed by atoms with Gasteiger partial charge in [0, 0.05) is 17.6 Å². The van der Waals surface area contributed by atoms with Gasteiger partial charge in [0.1, 0.15) is 0 Å². The first-order chi connectivity index (χ1) is 7.00. The summed E-state index contributed by atoms with van der Waals surface area (Å²) < 4.78 is 0. The molecule has 0 heterocycles. The lowest BCUT2D eigenvalue weighted by molar-refractivity contribution is 1.41. The topological polar surface area (TPSA) is 0 Å². The summed E-state index contributed by atoms with van der Waals surface area (Å²) in [6.07, 6.45) is 0. The van der Waals surface area contributed by atoms with E-state index in [0.717, 1.165) is 0 Å². The molecule has 0 spiro atoms. The van der Waals surface area contributed by atoms with Crippen molar-refractivity contribution >= 4 is 17.6 Å². The Hall–Kier alpha value is -0.346. The molecule has 15 heavy (non-hydrogen) atoms. The zero-order chi connectivity index (χ0) is 12.1. The average molecular weight is 241 g/mol. The molecule has 0 aliphatic carbocycles.